The van der Waals surface area contributed by atoms with Crippen molar-refractivity contribution in [2.75, 3.05) is 6.61 Å². The highest BCUT2D eigenvalue weighted by atomic mass is 32.1. The number of aliphatic hydroxyl groups is 1. The first-order valence-corrected chi connectivity index (χ1v) is 13.5. The van der Waals surface area contributed by atoms with E-state index in [0.29, 0.717) is 25.5 Å². The SMILES string of the molecule is C[C@@]12CO[C@@H](Cc3ccccc3)O[C@H]1CC[C@]1(C)[C@H]2CC[C@@H](O)[C@H]1CC(=O)NCc1cccs1. The topological polar surface area (TPSA) is 67.8 Å². The number of carbonyl (C=O) groups is 1. The fourth-order valence-electron chi connectivity index (χ4n) is 7.07. The molecule has 6 heteroatoms. The van der Waals surface area contributed by atoms with Crippen LogP contribution in [0, 0.1) is 22.7 Å². The van der Waals surface area contributed by atoms with E-state index in [4.69, 9.17) is 9.47 Å². The van der Waals surface area contributed by atoms with E-state index in [9.17, 15) is 9.90 Å². The molecule has 3 fully saturated rings. The van der Waals surface area contributed by atoms with E-state index in [1.54, 1.807) is 11.3 Å². The molecule has 0 bridgehead atoms. The third-order valence-corrected chi connectivity index (χ3v) is 9.80. The molecule has 2 heterocycles. The Morgan fingerprint density at radius 3 is 2.71 bits per heavy atom. The molecule has 1 aliphatic heterocycles. The maximum atomic E-state index is 12.9. The average Bonchev–Trinajstić information content (AvgIpc) is 3.35. The zero-order chi connectivity index (χ0) is 23.8. The number of hydrogen-bond donors (Lipinski definition) is 2. The number of nitrogens with one attached hydrogen (secondary N) is 1. The van der Waals surface area contributed by atoms with E-state index in [0.717, 1.165) is 37.0 Å². The van der Waals surface area contributed by atoms with Crippen molar-refractivity contribution in [3.05, 3.63) is 58.3 Å². The van der Waals surface area contributed by atoms with Crippen LogP contribution in [0.2, 0.25) is 0 Å². The summed E-state index contributed by atoms with van der Waals surface area (Å²) in [5, 5.41) is 16.1. The Hall–Kier alpha value is -1.73. The van der Waals surface area contributed by atoms with Crippen molar-refractivity contribution in [1.82, 2.24) is 5.32 Å². The molecule has 0 spiro atoms. The van der Waals surface area contributed by atoms with Gasteiger partial charge in [0.25, 0.3) is 0 Å². The van der Waals surface area contributed by atoms with Crippen LogP contribution in [0.4, 0.5) is 0 Å². The standard InChI is InChI=1S/C28H37NO4S/c1-27-13-12-24-28(2,18-32-26(33-24)15-19-7-4-3-5-8-19)23(27)11-10-22(30)21(27)16-25(31)29-17-20-9-6-14-34-20/h3-9,14,21-24,26,30H,10-13,15-18H2,1-2H3,(H,29,31)/t21-,22-,23-,24+,26-,27+,28+/m1/s1. The van der Waals surface area contributed by atoms with Crippen molar-refractivity contribution < 1.29 is 19.4 Å². The fourth-order valence-corrected chi connectivity index (χ4v) is 7.72. The smallest absolute Gasteiger partial charge is 0.220 e. The maximum absolute atomic E-state index is 12.9. The number of ether oxygens (including phenoxy) is 2. The van der Waals surface area contributed by atoms with Gasteiger partial charge in [-0.25, -0.2) is 0 Å². The molecule has 2 saturated carbocycles. The number of rotatable bonds is 6. The van der Waals surface area contributed by atoms with Gasteiger partial charge in [0.05, 0.1) is 25.4 Å². The van der Waals surface area contributed by atoms with E-state index in [-0.39, 0.29) is 35.0 Å². The van der Waals surface area contributed by atoms with Gasteiger partial charge in [0.15, 0.2) is 6.29 Å². The highest BCUT2D eigenvalue weighted by Crippen LogP contribution is 2.62. The molecule has 1 amide bonds. The van der Waals surface area contributed by atoms with Crippen LogP contribution in [0.5, 0.6) is 0 Å². The molecular weight excluding hydrogens is 446 g/mol. The van der Waals surface area contributed by atoms with Crippen molar-refractivity contribution in [1.29, 1.82) is 0 Å². The minimum atomic E-state index is -0.440. The minimum absolute atomic E-state index is 0.0330. The van der Waals surface area contributed by atoms with Gasteiger partial charge in [-0.2, -0.15) is 0 Å². The second kappa shape index (κ2) is 9.73. The zero-order valence-electron chi connectivity index (χ0n) is 20.2. The molecule has 0 radical (unpaired) electrons. The first-order chi connectivity index (χ1) is 16.4. The van der Waals surface area contributed by atoms with Crippen LogP contribution in [-0.2, 0) is 27.2 Å². The Labute approximate surface area is 206 Å². The van der Waals surface area contributed by atoms with Crippen LogP contribution in [0.25, 0.3) is 0 Å². The number of benzene rings is 1. The van der Waals surface area contributed by atoms with Crippen molar-refractivity contribution in [2.24, 2.45) is 22.7 Å². The van der Waals surface area contributed by atoms with E-state index in [1.807, 2.05) is 23.6 Å². The Morgan fingerprint density at radius 1 is 1.12 bits per heavy atom. The van der Waals surface area contributed by atoms with Crippen molar-refractivity contribution >= 4 is 17.2 Å². The number of thiophene rings is 1. The summed E-state index contributed by atoms with van der Waals surface area (Å²) in [4.78, 5) is 14.0. The van der Waals surface area contributed by atoms with Crippen molar-refractivity contribution in [3.8, 4) is 0 Å². The van der Waals surface area contributed by atoms with Crippen LogP contribution in [0.3, 0.4) is 0 Å². The summed E-state index contributed by atoms with van der Waals surface area (Å²) in [6.45, 7) is 5.84. The summed E-state index contributed by atoms with van der Waals surface area (Å²) in [6, 6.07) is 14.4. The predicted octanol–water partition coefficient (Wildman–Crippen LogP) is 4.93. The van der Waals surface area contributed by atoms with Crippen LogP contribution >= 0.6 is 11.3 Å². The Bertz CT molecular complexity index is 966. The highest BCUT2D eigenvalue weighted by Gasteiger charge is 2.61. The minimum Gasteiger partial charge on any atom is -0.393 e. The summed E-state index contributed by atoms with van der Waals surface area (Å²) in [6.07, 6.45) is 4.24. The van der Waals surface area contributed by atoms with Gasteiger partial charge in [-0.1, -0.05) is 50.2 Å². The number of carbonyl (C=O) groups excluding carboxylic acids is 1. The fraction of sp³-hybridized carbons (Fsp3) is 0.607. The quantitative estimate of drug-likeness (QED) is 0.611. The molecule has 1 saturated heterocycles. The van der Waals surface area contributed by atoms with E-state index in [2.05, 4.69) is 43.4 Å². The predicted molar refractivity (Wildman–Crippen MR) is 133 cm³/mol. The van der Waals surface area contributed by atoms with Crippen LogP contribution in [-0.4, -0.2) is 36.1 Å². The lowest BCUT2D eigenvalue weighted by molar-refractivity contribution is -0.308. The first kappa shape index (κ1) is 24.0. The average molecular weight is 484 g/mol. The molecular formula is C28H37NO4S. The molecule has 1 aromatic carbocycles. The Kier molecular flexibility index (Phi) is 6.86. The molecule has 5 nitrogen and oxygen atoms in total. The van der Waals surface area contributed by atoms with Crippen LogP contribution < -0.4 is 5.32 Å². The van der Waals surface area contributed by atoms with Gasteiger partial charge >= 0.3 is 0 Å². The second-order valence-electron chi connectivity index (χ2n) is 11.0. The third-order valence-electron chi connectivity index (χ3n) is 8.92. The molecule has 2 aliphatic carbocycles. The highest BCUT2D eigenvalue weighted by molar-refractivity contribution is 7.09. The second-order valence-corrected chi connectivity index (χ2v) is 12.0. The van der Waals surface area contributed by atoms with E-state index in [1.165, 1.54) is 5.56 Å². The Morgan fingerprint density at radius 2 is 1.94 bits per heavy atom. The molecule has 2 N–H and O–H groups in total. The van der Waals surface area contributed by atoms with Crippen LogP contribution in [0.15, 0.2) is 47.8 Å². The summed E-state index contributed by atoms with van der Waals surface area (Å²) in [5.41, 5.74) is 1.01. The van der Waals surface area contributed by atoms with Gasteiger partial charge in [-0.15, -0.1) is 11.3 Å². The lowest BCUT2D eigenvalue weighted by atomic mass is 9.46. The molecule has 1 aromatic heterocycles. The first-order valence-electron chi connectivity index (χ1n) is 12.7. The van der Waals surface area contributed by atoms with Gasteiger partial charge in [0.1, 0.15) is 0 Å². The maximum Gasteiger partial charge on any atom is 0.220 e. The van der Waals surface area contributed by atoms with E-state index < -0.39 is 6.10 Å². The summed E-state index contributed by atoms with van der Waals surface area (Å²) < 4.78 is 12.9. The summed E-state index contributed by atoms with van der Waals surface area (Å²) in [7, 11) is 0. The monoisotopic (exact) mass is 483 g/mol. The molecule has 0 unspecified atom stereocenters. The lowest BCUT2D eigenvalue weighted by Crippen LogP contribution is -2.63. The zero-order valence-corrected chi connectivity index (χ0v) is 21.1. The summed E-state index contributed by atoms with van der Waals surface area (Å²) >= 11 is 1.65. The molecule has 2 aromatic rings. The number of amides is 1. The summed E-state index contributed by atoms with van der Waals surface area (Å²) in [5.74, 6) is 0.343. The number of hydrogen-bond acceptors (Lipinski definition) is 5. The van der Waals surface area contributed by atoms with Gasteiger partial charge in [0.2, 0.25) is 5.91 Å². The normalized spacial score (nSPS) is 37.4. The van der Waals surface area contributed by atoms with Gasteiger partial charge < -0.3 is 19.9 Å². The molecule has 5 rings (SSSR count). The van der Waals surface area contributed by atoms with Gasteiger partial charge in [-0.05, 0) is 59.9 Å². The largest absolute Gasteiger partial charge is 0.393 e. The number of aliphatic hydroxyl groups excluding tert-OH is 1. The van der Waals surface area contributed by atoms with Crippen molar-refractivity contribution in [2.45, 2.75) is 77.4 Å². The molecule has 34 heavy (non-hydrogen) atoms. The molecule has 7 atom stereocenters. The van der Waals surface area contributed by atoms with Gasteiger partial charge in [-0.3, -0.25) is 4.79 Å². The third kappa shape index (κ3) is 4.58. The lowest BCUT2D eigenvalue weighted by Gasteiger charge is -2.63. The number of fused-ring (bicyclic) bond motifs is 3. The van der Waals surface area contributed by atoms with E-state index >= 15 is 0 Å². The van der Waals surface area contributed by atoms with Crippen LogP contribution in [0.1, 0.15) is 56.4 Å². The Balaban J connectivity index is 1.27. The molecule has 3 aliphatic rings. The van der Waals surface area contributed by atoms with Crippen molar-refractivity contribution in [3.63, 3.8) is 0 Å². The van der Waals surface area contributed by atoms with Gasteiger partial charge in [0, 0.05) is 23.1 Å². The molecule has 184 valence electrons.